The third-order valence-electron chi connectivity index (χ3n) is 3.48. The van der Waals surface area contributed by atoms with Crippen molar-refractivity contribution in [2.75, 3.05) is 6.79 Å². The highest BCUT2D eigenvalue weighted by atomic mass is 32.1. The zero-order chi connectivity index (χ0) is 17.1. The Morgan fingerprint density at radius 1 is 1.28 bits per heavy atom. The molecule has 1 aromatic carbocycles. The van der Waals surface area contributed by atoms with Gasteiger partial charge in [0.25, 0.3) is 5.91 Å². The minimum absolute atomic E-state index is 0.178. The van der Waals surface area contributed by atoms with E-state index in [1.54, 1.807) is 29.5 Å². The topological polar surface area (TPSA) is 82.6 Å². The Bertz CT molecular complexity index is 899. The lowest BCUT2D eigenvalue weighted by Gasteiger charge is -2.10. The van der Waals surface area contributed by atoms with Crippen LogP contribution < -0.4 is 19.5 Å². The summed E-state index contributed by atoms with van der Waals surface area (Å²) in [6, 6.07) is 9.05. The minimum atomic E-state index is -0.301. The van der Waals surface area contributed by atoms with Crippen molar-refractivity contribution < 1.29 is 19.0 Å². The number of carbonyl (C=O) groups is 1. The third-order valence-corrected chi connectivity index (χ3v) is 4.36. The van der Waals surface area contributed by atoms with Gasteiger partial charge in [0.05, 0.1) is 6.54 Å². The quantitative estimate of drug-likeness (QED) is 0.758. The molecular weight excluding hydrogens is 342 g/mol. The van der Waals surface area contributed by atoms with Gasteiger partial charge >= 0.3 is 0 Å². The van der Waals surface area contributed by atoms with Crippen LogP contribution in [0.1, 0.15) is 15.2 Å². The number of benzene rings is 1. The number of ether oxygens (including phenoxy) is 3. The summed E-state index contributed by atoms with van der Waals surface area (Å²) in [6.07, 6.45) is 2.76. The normalized spacial score (nSPS) is 12.0. The van der Waals surface area contributed by atoms with E-state index < -0.39 is 0 Å². The van der Waals surface area contributed by atoms with Gasteiger partial charge < -0.3 is 19.5 Å². The van der Waals surface area contributed by atoms with Crippen molar-refractivity contribution in [1.82, 2.24) is 15.3 Å². The van der Waals surface area contributed by atoms with Gasteiger partial charge in [-0.1, -0.05) is 6.07 Å². The number of hydrogen-bond donors (Lipinski definition) is 1. The van der Waals surface area contributed by atoms with Crippen molar-refractivity contribution in [3.05, 3.63) is 58.7 Å². The molecule has 1 aliphatic heterocycles. The van der Waals surface area contributed by atoms with Gasteiger partial charge in [0.1, 0.15) is 17.6 Å². The lowest BCUT2D eigenvalue weighted by atomic mass is 10.3. The Hall–Kier alpha value is -3.13. The van der Waals surface area contributed by atoms with Gasteiger partial charge in [0, 0.05) is 17.1 Å². The first kappa shape index (κ1) is 15.4. The maximum absolute atomic E-state index is 12.4. The van der Waals surface area contributed by atoms with Crippen LogP contribution in [-0.4, -0.2) is 22.7 Å². The van der Waals surface area contributed by atoms with Crippen LogP contribution in [0.2, 0.25) is 0 Å². The second-order valence-electron chi connectivity index (χ2n) is 5.12. The zero-order valence-corrected chi connectivity index (χ0v) is 13.8. The summed E-state index contributed by atoms with van der Waals surface area (Å²) >= 11 is 1.58. The fourth-order valence-electron chi connectivity index (χ4n) is 2.28. The molecule has 0 unspecified atom stereocenters. The Labute approximate surface area is 147 Å². The van der Waals surface area contributed by atoms with Crippen LogP contribution in [0.15, 0.2) is 48.2 Å². The third kappa shape index (κ3) is 3.38. The minimum Gasteiger partial charge on any atom is -0.454 e. The summed E-state index contributed by atoms with van der Waals surface area (Å²) in [5.74, 6) is 1.62. The Morgan fingerprint density at radius 2 is 2.20 bits per heavy atom. The van der Waals surface area contributed by atoms with E-state index >= 15 is 0 Å². The summed E-state index contributed by atoms with van der Waals surface area (Å²) in [6.45, 7) is 0.623. The molecule has 4 rings (SSSR count). The van der Waals surface area contributed by atoms with Gasteiger partial charge in [0.2, 0.25) is 12.7 Å². The second-order valence-corrected chi connectivity index (χ2v) is 6.15. The van der Waals surface area contributed by atoms with Crippen LogP contribution in [0, 0.1) is 0 Å². The Morgan fingerprint density at radius 3 is 3.08 bits per heavy atom. The molecule has 0 atom stereocenters. The number of thiophene rings is 1. The van der Waals surface area contributed by atoms with E-state index in [0.29, 0.717) is 23.8 Å². The highest BCUT2D eigenvalue weighted by Crippen LogP contribution is 2.36. The molecule has 0 saturated heterocycles. The molecule has 0 radical (unpaired) electrons. The molecule has 7 nitrogen and oxygen atoms in total. The van der Waals surface area contributed by atoms with Crippen LogP contribution in [0.25, 0.3) is 0 Å². The summed E-state index contributed by atoms with van der Waals surface area (Å²) in [5, 5.41) is 4.80. The largest absolute Gasteiger partial charge is 0.454 e. The average Bonchev–Trinajstić information content (AvgIpc) is 3.31. The summed E-state index contributed by atoms with van der Waals surface area (Å²) in [7, 11) is 0. The first-order chi connectivity index (χ1) is 12.3. The predicted molar refractivity (Wildman–Crippen MR) is 90.2 cm³/mol. The fraction of sp³-hybridized carbons (Fsp3) is 0.118. The molecule has 8 heteroatoms. The van der Waals surface area contributed by atoms with E-state index in [2.05, 4.69) is 15.3 Å². The molecule has 0 fully saturated rings. The van der Waals surface area contributed by atoms with Crippen molar-refractivity contribution in [1.29, 1.82) is 0 Å². The summed E-state index contributed by atoms with van der Waals surface area (Å²) in [4.78, 5) is 21.5. The lowest BCUT2D eigenvalue weighted by molar-refractivity contribution is 0.0948. The fourth-order valence-corrected chi connectivity index (χ4v) is 2.93. The molecule has 0 saturated carbocycles. The van der Waals surface area contributed by atoms with Crippen molar-refractivity contribution in [2.24, 2.45) is 0 Å². The maximum Gasteiger partial charge on any atom is 0.258 e. The smallest absolute Gasteiger partial charge is 0.258 e. The Kier molecular flexibility index (Phi) is 4.17. The van der Waals surface area contributed by atoms with E-state index in [-0.39, 0.29) is 24.1 Å². The average molecular weight is 355 g/mol. The van der Waals surface area contributed by atoms with Crippen LogP contribution in [-0.2, 0) is 6.54 Å². The monoisotopic (exact) mass is 355 g/mol. The first-order valence-corrected chi connectivity index (χ1v) is 8.35. The van der Waals surface area contributed by atoms with Gasteiger partial charge in [-0.2, -0.15) is 0 Å². The van der Waals surface area contributed by atoms with Crippen LogP contribution in [0.3, 0.4) is 0 Å². The van der Waals surface area contributed by atoms with E-state index in [9.17, 15) is 4.79 Å². The van der Waals surface area contributed by atoms with Crippen LogP contribution in [0.4, 0.5) is 0 Å². The van der Waals surface area contributed by atoms with Crippen molar-refractivity contribution >= 4 is 17.2 Å². The molecule has 1 N–H and O–H groups in total. The molecule has 126 valence electrons. The molecular formula is C17H13N3O4S. The predicted octanol–water partition coefficient (Wildman–Crippen LogP) is 2.99. The summed E-state index contributed by atoms with van der Waals surface area (Å²) < 4.78 is 16.3. The van der Waals surface area contributed by atoms with Crippen molar-refractivity contribution in [3.8, 4) is 23.1 Å². The van der Waals surface area contributed by atoms with Gasteiger partial charge in [-0.25, -0.2) is 9.97 Å². The number of carbonyl (C=O) groups excluding carboxylic acids is 1. The van der Waals surface area contributed by atoms with Crippen molar-refractivity contribution in [2.45, 2.75) is 6.54 Å². The number of rotatable bonds is 5. The highest BCUT2D eigenvalue weighted by Gasteiger charge is 2.18. The summed E-state index contributed by atoms with van der Waals surface area (Å²) in [5.41, 5.74) is 0.261. The number of nitrogens with one attached hydrogen (secondary N) is 1. The number of fused-ring (bicyclic) bond motifs is 1. The van der Waals surface area contributed by atoms with E-state index in [1.807, 2.05) is 17.5 Å². The molecule has 0 spiro atoms. The van der Waals surface area contributed by atoms with Gasteiger partial charge in [-0.3, -0.25) is 4.79 Å². The molecule has 0 bridgehead atoms. The molecule has 3 aromatic rings. The molecule has 2 aromatic heterocycles. The SMILES string of the molecule is O=C(NCc1cccs1)c1cncnc1Oc1ccc2c(c1)OCO2. The highest BCUT2D eigenvalue weighted by molar-refractivity contribution is 7.09. The number of nitrogens with zero attached hydrogens (tertiary/aromatic N) is 2. The van der Waals surface area contributed by atoms with E-state index in [0.717, 1.165) is 4.88 Å². The Balaban J connectivity index is 1.51. The van der Waals surface area contributed by atoms with Gasteiger partial charge in [-0.15, -0.1) is 11.3 Å². The van der Waals surface area contributed by atoms with E-state index in [4.69, 9.17) is 14.2 Å². The van der Waals surface area contributed by atoms with Gasteiger partial charge in [0.15, 0.2) is 11.5 Å². The number of amides is 1. The first-order valence-electron chi connectivity index (χ1n) is 7.48. The standard InChI is InChI=1S/C17H13N3O4S/c21-16(19-7-12-2-1-5-25-12)13-8-18-9-20-17(13)24-11-3-4-14-15(6-11)23-10-22-14/h1-6,8-9H,7,10H2,(H,19,21). The number of hydrogen-bond acceptors (Lipinski definition) is 7. The molecule has 1 aliphatic rings. The van der Waals surface area contributed by atoms with Crippen LogP contribution >= 0.6 is 11.3 Å². The molecule has 3 heterocycles. The zero-order valence-electron chi connectivity index (χ0n) is 13.0. The van der Waals surface area contributed by atoms with Crippen molar-refractivity contribution in [3.63, 3.8) is 0 Å². The van der Waals surface area contributed by atoms with E-state index in [1.165, 1.54) is 12.5 Å². The lowest BCUT2D eigenvalue weighted by Crippen LogP contribution is -2.23. The molecule has 25 heavy (non-hydrogen) atoms. The maximum atomic E-state index is 12.4. The molecule has 0 aliphatic carbocycles. The van der Waals surface area contributed by atoms with Gasteiger partial charge in [-0.05, 0) is 23.6 Å². The molecule has 1 amide bonds. The van der Waals surface area contributed by atoms with Crippen LogP contribution in [0.5, 0.6) is 23.1 Å². The second kappa shape index (κ2) is 6.78. The number of aromatic nitrogens is 2.